The van der Waals surface area contributed by atoms with Gasteiger partial charge in [0, 0.05) is 38.2 Å². The highest BCUT2D eigenvalue weighted by atomic mass is 35.5. The van der Waals surface area contributed by atoms with Gasteiger partial charge in [-0.05, 0) is 37.5 Å². The second kappa shape index (κ2) is 10.6. The number of rotatable bonds is 8. The maximum absolute atomic E-state index is 12.8. The van der Waals surface area contributed by atoms with Gasteiger partial charge in [-0.15, -0.1) is 0 Å². The molecule has 0 N–H and O–H groups in total. The quantitative estimate of drug-likeness (QED) is 0.583. The predicted molar refractivity (Wildman–Crippen MR) is 120 cm³/mol. The maximum atomic E-state index is 12.8. The first-order chi connectivity index (χ1) is 14.5. The van der Waals surface area contributed by atoms with Crippen molar-refractivity contribution in [2.75, 3.05) is 31.1 Å². The van der Waals surface area contributed by atoms with Crippen molar-refractivity contribution in [3.8, 4) is 11.6 Å². The molecule has 1 fully saturated rings. The van der Waals surface area contributed by atoms with Crippen molar-refractivity contribution in [2.24, 2.45) is 5.92 Å². The van der Waals surface area contributed by atoms with Gasteiger partial charge in [0.25, 0.3) is 0 Å². The predicted octanol–water partition coefficient (Wildman–Crippen LogP) is 5.10. The van der Waals surface area contributed by atoms with E-state index in [9.17, 15) is 4.79 Å². The molecule has 0 aliphatic carbocycles. The van der Waals surface area contributed by atoms with E-state index in [1.54, 1.807) is 0 Å². The van der Waals surface area contributed by atoms with Crippen LogP contribution in [0.4, 0.5) is 5.82 Å². The normalized spacial score (nSPS) is 15.2. The molecule has 1 aromatic carbocycles. The first kappa shape index (κ1) is 22.3. The number of ether oxygens (including phenoxy) is 1. The van der Waals surface area contributed by atoms with E-state index in [0.717, 1.165) is 50.2 Å². The van der Waals surface area contributed by atoms with Crippen LogP contribution in [0.1, 0.15) is 45.1 Å². The number of hydrogen-bond donors (Lipinski definition) is 0. The summed E-state index contributed by atoms with van der Waals surface area (Å²) in [5, 5.41) is 0.543. The van der Waals surface area contributed by atoms with Gasteiger partial charge in [-0.2, -0.15) is 0 Å². The van der Waals surface area contributed by atoms with Crippen LogP contribution in [0, 0.1) is 12.8 Å². The molecular formula is C23H31ClN4O2. The first-order valence-electron chi connectivity index (χ1n) is 10.8. The van der Waals surface area contributed by atoms with E-state index in [2.05, 4.69) is 28.7 Å². The Hall–Kier alpha value is -2.34. The molecule has 1 amide bonds. The van der Waals surface area contributed by atoms with Crippen LogP contribution in [0.25, 0.3) is 0 Å². The van der Waals surface area contributed by atoms with Crippen LogP contribution in [0.2, 0.25) is 5.02 Å². The summed E-state index contributed by atoms with van der Waals surface area (Å²) in [7, 11) is 0. The highest BCUT2D eigenvalue weighted by molar-refractivity contribution is 6.32. The van der Waals surface area contributed by atoms with E-state index in [-0.39, 0.29) is 5.92 Å². The molecule has 1 aliphatic heterocycles. The molecule has 2 heterocycles. The zero-order chi connectivity index (χ0) is 21.5. The molecule has 162 valence electrons. The number of nitrogens with zero attached hydrogens (tertiary/aromatic N) is 4. The number of halogens is 1. The maximum Gasteiger partial charge on any atom is 0.225 e. The van der Waals surface area contributed by atoms with Crippen LogP contribution in [0.3, 0.4) is 0 Å². The highest BCUT2D eigenvalue weighted by Gasteiger charge is 2.26. The summed E-state index contributed by atoms with van der Waals surface area (Å²) >= 11 is 6.23. The summed E-state index contributed by atoms with van der Waals surface area (Å²) in [6.45, 7) is 9.19. The van der Waals surface area contributed by atoms with Crippen LogP contribution in [0.15, 0.2) is 30.6 Å². The fourth-order valence-electron chi connectivity index (χ4n) is 3.73. The summed E-state index contributed by atoms with van der Waals surface area (Å²) < 4.78 is 5.89. The Bertz CT molecular complexity index is 853. The molecule has 0 saturated carbocycles. The minimum atomic E-state index is 0.148. The van der Waals surface area contributed by atoms with Gasteiger partial charge >= 0.3 is 0 Å². The van der Waals surface area contributed by atoms with Gasteiger partial charge in [-0.1, -0.05) is 44.4 Å². The van der Waals surface area contributed by atoms with Crippen molar-refractivity contribution < 1.29 is 9.53 Å². The van der Waals surface area contributed by atoms with Crippen LogP contribution in [0.5, 0.6) is 11.6 Å². The van der Waals surface area contributed by atoms with E-state index in [1.165, 1.54) is 6.33 Å². The molecule has 1 aromatic heterocycles. The third kappa shape index (κ3) is 5.63. The molecule has 7 heteroatoms. The number of carbonyl (C=O) groups excluding carboxylic acids is 1. The SMILES string of the molecule is CCCC[C@H](CC)C(=O)N1CCN(c2cc(Oc3cc(C)ccc3Cl)ncn2)CC1. The molecule has 1 atom stereocenters. The second-order valence-corrected chi connectivity index (χ2v) is 8.22. The third-order valence-corrected chi connectivity index (χ3v) is 5.90. The summed E-state index contributed by atoms with van der Waals surface area (Å²) in [6, 6.07) is 7.46. The average Bonchev–Trinajstić information content (AvgIpc) is 2.77. The van der Waals surface area contributed by atoms with Crippen LogP contribution < -0.4 is 9.64 Å². The zero-order valence-electron chi connectivity index (χ0n) is 18.1. The topological polar surface area (TPSA) is 58.6 Å². The van der Waals surface area contributed by atoms with Crippen LogP contribution in [-0.4, -0.2) is 47.0 Å². The first-order valence-corrected chi connectivity index (χ1v) is 11.2. The molecular weight excluding hydrogens is 400 g/mol. The van der Waals surface area contributed by atoms with Gasteiger partial charge < -0.3 is 14.5 Å². The molecule has 2 aromatic rings. The lowest BCUT2D eigenvalue weighted by atomic mass is 9.97. The van der Waals surface area contributed by atoms with Crippen molar-refractivity contribution in [3.05, 3.63) is 41.2 Å². The van der Waals surface area contributed by atoms with E-state index in [1.807, 2.05) is 36.1 Å². The lowest BCUT2D eigenvalue weighted by Gasteiger charge is -2.37. The largest absolute Gasteiger partial charge is 0.437 e. The van der Waals surface area contributed by atoms with Gasteiger partial charge in [0.05, 0.1) is 5.02 Å². The minimum absolute atomic E-state index is 0.148. The number of benzene rings is 1. The zero-order valence-corrected chi connectivity index (χ0v) is 18.9. The number of piperazine rings is 1. The molecule has 0 unspecified atom stereocenters. The van der Waals surface area contributed by atoms with Crippen LogP contribution >= 0.6 is 11.6 Å². The standard InChI is InChI=1S/C23H31ClN4O2/c1-4-6-7-18(5-2)23(29)28-12-10-27(11-13-28)21-15-22(26-16-25-21)30-20-14-17(3)8-9-19(20)24/h8-9,14-16,18H,4-7,10-13H2,1-3H3/t18-/m0/s1. The van der Waals surface area contributed by atoms with Crippen LogP contribution in [-0.2, 0) is 4.79 Å². The molecule has 0 spiro atoms. The van der Waals surface area contributed by atoms with Gasteiger partial charge in [0.15, 0.2) is 0 Å². The van der Waals surface area contributed by atoms with Crippen molar-refractivity contribution in [3.63, 3.8) is 0 Å². The Morgan fingerprint density at radius 1 is 1.17 bits per heavy atom. The van der Waals surface area contributed by atoms with E-state index >= 15 is 0 Å². The fourth-order valence-corrected chi connectivity index (χ4v) is 3.88. The van der Waals surface area contributed by atoms with Crippen molar-refractivity contribution in [1.82, 2.24) is 14.9 Å². The fraction of sp³-hybridized carbons (Fsp3) is 0.522. The second-order valence-electron chi connectivity index (χ2n) is 7.81. The lowest BCUT2D eigenvalue weighted by molar-refractivity contribution is -0.136. The Kier molecular flexibility index (Phi) is 7.91. The third-order valence-electron chi connectivity index (χ3n) is 5.59. The Labute approximate surface area is 184 Å². The monoisotopic (exact) mass is 430 g/mol. The number of hydrogen-bond acceptors (Lipinski definition) is 5. The summed E-state index contributed by atoms with van der Waals surface area (Å²) in [5.41, 5.74) is 1.06. The summed E-state index contributed by atoms with van der Waals surface area (Å²) in [4.78, 5) is 25.6. The van der Waals surface area contributed by atoms with Gasteiger partial charge in [0.2, 0.25) is 11.8 Å². The molecule has 0 radical (unpaired) electrons. The number of aryl methyl sites for hydroxylation is 1. The van der Waals surface area contributed by atoms with Gasteiger partial charge in [0.1, 0.15) is 17.9 Å². The van der Waals surface area contributed by atoms with E-state index < -0.39 is 0 Å². The van der Waals surface area contributed by atoms with Crippen molar-refractivity contribution in [2.45, 2.75) is 46.5 Å². The highest BCUT2D eigenvalue weighted by Crippen LogP contribution is 2.30. The van der Waals surface area contributed by atoms with Crippen molar-refractivity contribution >= 4 is 23.3 Å². The summed E-state index contributed by atoms with van der Waals surface area (Å²) in [5.74, 6) is 2.28. The minimum Gasteiger partial charge on any atom is -0.437 e. The number of anilines is 1. The number of amides is 1. The molecule has 1 aliphatic rings. The molecule has 6 nitrogen and oxygen atoms in total. The number of aromatic nitrogens is 2. The van der Waals surface area contributed by atoms with E-state index in [0.29, 0.717) is 35.6 Å². The number of carbonyl (C=O) groups is 1. The van der Waals surface area contributed by atoms with E-state index in [4.69, 9.17) is 16.3 Å². The van der Waals surface area contributed by atoms with Gasteiger partial charge in [-0.3, -0.25) is 4.79 Å². The lowest BCUT2D eigenvalue weighted by Crippen LogP contribution is -2.50. The smallest absolute Gasteiger partial charge is 0.225 e. The average molecular weight is 431 g/mol. The Morgan fingerprint density at radius 2 is 1.93 bits per heavy atom. The van der Waals surface area contributed by atoms with Gasteiger partial charge in [-0.25, -0.2) is 9.97 Å². The molecule has 0 bridgehead atoms. The molecule has 1 saturated heterocycles. The molecule has 3 rings (SSSR count). The summed E-state index contributed by atoms with van der Waals surface area (Å²) in [6.07, 6.45) is 5.64. The molecule has 30 heavy (non-hydrogen) atoms. The van der Waals surface area contributed by atoms with Crippen molar-refractivity contribution in [1.29, 1.82) is 0 Å². The Balaban J connectivity index is 1.61. The number of unbranched alkanes of at least 4 members (excludes halogenated alkanes) is 1. The Morgan fingerprint density at radius 3 is 2.63 bits per heavy atom.